The van der Waals surface area contributed by atoms with Gasteiger partial charge in [0.05, 0.1) is 6.42 Å². The van der Waals surface area contributed by atoms with E-state index in [-0.39, 0.29) is 17.7 Å². The Balaban J connectivity index is 1.78. The number of carbonyl (C=O) groups is 2. The van der Waals surface area contributed by atoms with Crippen LogP contribution in [0.5, 0.6) is 0 Å². The second-order valence-corrected chi connectivity index (χ2v) is 5.24. The molecule has 0 saturated carbocycles. The number of carbonyl (C=O) groups excluding carboxylic acids is 2. The van der Waals surface area contributed by atoms with Crippen LogP contribution in [0.25, 0.3) is 0 Å². The molecule has 0 aliphatic carbocycles. The molecule has 1 radical (unpaired) electrons. The van der Waals surface area contributed by atoms with E-state index in [0.29, 0.717) is 19.5 Å². The Hall–Kier alpha value is -2.11. The van der Waals surface area contributed by atoms with Gasteiger partial charge in [-0.3, -0.25) is 9.59 Å². The summed E-state index contributed by atoms with van der Waals surface area (Å²) < 4.78 is 0. The summed E-state index contributed by atoms with van der Waals surface area (Å²) in [6, 6.07) is 5.81. The van der Waals surface area contributed by atoms with Crippen molar-refractivity contribution >= 4 is 17.6 Å². The lowest BCUT2D eigenvalue weighted by Gasteiger charge is -2.35. The van der Waals surface area contributed by atoms with Crippen LogP contribution in [-0.2, 0) is 9.59 Å². The van der Waals surface area contributed by atoms with E-state index in [0.717, 1.165) is 18.9 Å². The third-order valence-corrected chi connectivity index (χ3v) is 3.70. The molecule has 0 aromatic carbocycles. The van der Waals surface area contributed by atoms with Crippen molar-refractivity contribution in [1.82, 2.24) is 9.88 Å². The molecular weight excluding hydrogens is 268 g/mol. The number of rotatable bonds is 5. The maximum atomic E-state index is 12.1. The van der Waals surface area contributed by atoms with Gasteiger partial charge >= 0.3 is 0 Å². The highest BCUT2D eigenvalue weighted by atomic mass is 16.2. The molecule has 0 unspecified atom stereocenters. The van der Waals surface area contributed by atoms with Gasteiger partial charge in [-0.1, -0.05) is 13.0 Å². The second kappa shape index (κ2) is 7.06. The maximum Gasteiger partial charge on any atom is 0.226 e. The molecule has 1 aliphatic rings. The Morgan fingerprint density at radius 3 is 2.62 bits per heavy atom. The molecule has 0 bridgehead atoms. The molecular formula is C15H21N4O2. The molecule has 1 aromatic heterocycles. The number of pyridine rings is 1. The molecule has 21 heavy (non-hydrogen) atoms. The first-order valence-corrected chi connectivity index (χ1v) is 7.15. The largest absolute Gasteiger partial charge is 0.369 e. The highest BCUT2D eigenvalue weighted by Gasteiger charge is 2.22. The topological polar surface area (TPSA) is 79.5 Å². The van der Waals surface area contributed by atoms with Crippen molar-refractivity contribution in [2.75, 3.05) is 31.1 Å². The van der Waals surface area contributed by atoms with Gasteiger partial charge in [0, 0.05) is 38.3 Å². The maximum absolute atomic E-state index is 12.1. The zero-order chi connectivity index (χ0) is 15.2. The third-order valence-electron chi connectivity index (χ3n) is 3.70. The van der Waals surface area contributed by atoms with Gasteiger partial charge in [0.1, 0.15) is 5.82 Å². The molecule has 2 amide bonds. The number of hydrogen-bond donors (Lipinski definition) is 1. The average Bonchev–Trinajstić information content (AvgIpc) is 2.53. The van der Waals surface area contributed by atoms with Crippen LogP contribution in [0.2, 0.25) is 0 Å². The number of piperazine rings is 1. The van der Waals surface area contributed by atoms with Gasteiger partial charge in [0.15, 0.2) is 0 Å². The molecule has 6 heteroatoms. The molecule has 1 aromatic rings. The lowest BCUT2D eigenvalue weighted by molar-refractivity contribution is -0.128. The van der Waals surface area contributed by atoms with Gasteiger partial charge < -0.3 is 15.5 Å². The zero-order valence-electron chi connectivity index (χ0n) is 12.2. The van der Waals surface area contributed by atoms with Gasteiger partial charge in [-0.2, -0.15) is 0 Å². The fraction of sp³-hybridized carbons (Fsp3) is 0.467. The van der Waals surface area contributed by atoms with Crippen LogP contribution in [-0.4, -0.2) is 47.9 Å². The Labute approximate surface area is 124 Å². The first-order chi connectivity index (χ1) is 10.1. The molecule has 2 N–H and O–H groups in total. The van der Waals surface area contributed by atoms with Crippen molar-refractivity contribution in [1.29, 1.82) is 0 Å². The number of amides is 2. The first-order valence-electron chi connectivity index (χ1n) is 7.15. The molecule has 0 spiro atoms. The summed E-state index contributed by atoms with van der Waals surface area (Å²) in [5.41, 5.74) is 5.19. The van der Waals surface area contributed by atoms with Gasteiger partial charge in [-0.25, -0.2) is 4.98 Å². The number of aromatic nitrogens is 1. The Bertz CT molecular complexity index is 484. The lowest BCUT2D eigenvalue weighted by atomic mass is 10.0. The highest BCUT2D eigenvalue weighted by Crippen LogP contribution is 2.14. The third kappa shape index (κ3) is 4.18. The smallest absolute Gasteiger partial charge is 0.226 e. The van der Waals surface area contributed by atoms with E-state index in [1.807, 2.05) is 18.2 Å². The van der Waals surface area contributed by atoms with Crippen LogP contribution in [0.1, 0.15) is 13.3 Å². The lowest BCUT2D eigenvalue weighted by Crippen LogP contribution is -2.49. The normalized spacial score (nSPS) is 16.6. The summed E-state index contributed by atoms with van der Waals surface area (Å²) in [7, 11) is 0. The monoisotopic (exact) mass is 289 g/mol. The van der Waals surface area contributed by atoms with Crippen molar-refractivity contribution in [3.8, 4) is 0 Å². The zero-order valence-corrected chi connectivity index (χ0v) is 12.2. The first kappa shape index (κ1) is 15.3. The predicted molar refractivity (Wildman–Crippen MR) is 80.3 cm³/mol. The fourth-order valence-electron chi connectivity index (χ4n) is 2.22. The fourth-order valence-corrected chi connectivity index (χ4v) is 2.22. The Kier molecular flexibility index (Phi) is 5.14. The second-order valence-electron chi connectivity index (χ2n) is 5.24. The summed E-state index contributed by atoms with van der Waals surface area (Å²) in [4.78, 5) is 31.3. The van der Waals surface area contributed by atoms with Crippen LogP contribution in [0.4, 0.5) is 5.82 Å². The molecule has 6 nitrogen and oxygen atoms in total. The van der Waals surface area contributed by atoms with Crippen LogP contribution < -0.4 is 10.6 Å². The minimum Gasteiger partial charge on any atom is -0.369 e. The Morgan fingerprint density at radius 2 is 2.05 bits per heavy atom. The molecule has 1 aliphatic heterocycles. The standard InChI is InChI=1S/C15H21N4O2/c1-12(15(16)21)5-6-14(20)19-10-8-18(9-11-19)13-4-2-3-7-17-13/h2-4,6-7,12H,5,8-11H2,1H3,(H2,16,21)/t12-/m0/s1. The van der Waals surface area contributed by atoms with Crippen molar-refractivity contribution in [2.24, 2.45) is 11.7 Å². The van der Waals surface area contributed by atoms with E-state index >= 15 is 0 Å². The number of nitrogens with two attached hydrogens (primary N) is 1. The molecule has 1 atom stereocenters. The van der Waals surface area contributed by atoms with Crippen LogP contribution in [0.3, 0.4) is 0 Å². The van der Waals surface area contributed by atoms with Gasteiger partial charge in [0.25, 0.3) is 0 Å². The van der Waals surface area contributed by atoms with E-state index in [9.17, 15) is 9.59 Å². The summed E-state index contributed by atoms with van der Waals surface area (Å²) >= 11 is 0. The van der Waals surface area contributed by atoms with E-state index in [2.05, 4.69) is 9.88 Å². The van der Waals surface area contributed by atoms with E-state index in [4.69, 9.17) is 5.73 Å². The van der Waals surface area contributed by atoms with Gasteiger partial charge in [0.2, 0.25) is 11.8 Å². The van der Waals surface area contributed by atoms with Crippen LogP contribution in [0, 0.1) is 12.3 Å². The number of nitrogens with zero attached hydrogens (tertiary/aromatic N) is 3. The quantitative estimate of drug-likeness (QED) is 0.853. The number of hydrogen-bond acceptors (Lipinski definition) is 4. The van der Waals surface area contributed by atoms with E-state index in [1.165, 1.54) is 0 Å². The summed E-state index contributed by atoms with van der Waals surface area (Å²) in [5, 5.41) is 0. The van der Waals surface area contributed by atoms with Gasteiger partial charge in [-0.15, -0.1) is 0 Å². The number of anilines is 1. The molecule has 2 rings (SSSR count). The molecule has 113 valence electrons. The summed E-state index contributed by atoms with van der Waals surface area (Å²) in [5.74, 6) is 0.238. The van der Waals surface area contributed by atoms with E-state index in [1.54, 1.807) is 24.4 Å². The average molecular weight is 289 g/mol. The predicted octanol–water partition coefficient (Wildman–Crippen LogP) is 0.446. The highest BCUT2D eigenvalue weighted by molar-refractivity contribution is 5.86. The van der Waals surface area contributed by atoms with Crippen molar-refractivity contribution in [3.63, 3.8) is 0 Å². The van der Waals surface area contributed by atoms with E-state index < -0.39 is 0 Å². The SMILES string of the molecule is C[C@@H](C[CH]C(=O)N1CCN(c2ccccn2)CC1)C(N)=O. The van der Waals surface area contributed by atoms with Crippen LogP contribution in [0.15, 0.2) is 24.4 Å². The minimum absolute atomic E-state index is 0.0243. The number of primary amides is 1. The van der Waals surface area contributed by atoms with Gasteiger partial charge in [-0.05, 0) is 18.6 Å². The van der Waals surface area contributed by atoms with Crippen molar-refractivity contribution in [2.45, 2.75) is 13.3 Å². The molecule has 1 fully saturated rings. The molecule has 2 heterocycles. The van der Waals surface area contributed by atoms with Crippen molar-refractivity contribution in [3.05, 3.63) is 30.8 Å². The van der Waals surface area contributed by atoms with Crippen molar-refractivity contribution < 1.29 is 9.59 Å². The Morgan fingerprint density at radius 1 is 1.33 bits per heavy atom. The summed E-state index contributed by atoms with van der Waals surface area (Å²) in [6.07, 6.45) is 3.73. The molecule has 1 saturated heterocycles. The minimum atomic E-state index is -0.376. The summed E-state index contributed by atoms with van der Waals surface area (Å²) in [6.45, 7) is 4.59. The van der Waals surface area contributed by atoms with Crippen LogP contribution >= 0.6 is 0 Å².